The molecule has 3 heterocycles. The zero-order chi connectivity index (χ0) is 19.8. The molecule has 146 valence electrons. The van der Waals surface area contributed by atoms with E-state index in [0.717, 1.165) is 45.6 Å². The van der Waals surface area contributed by atoms with Gasteiger partial charge in [-0.15, -0.1) is 11.3 Å². The maximum absolute atomic E-state index is 14.4. The first kappa shape index (κ1) is 18.4. The molecule has 0 bridgehead atoms. The Balaban J connectivity index is 1.70. The molecule has 3 aromatic rings. The molecule has 5 rings (SSSR count). The van der Waals surface area contributed by atoms with Crippen molar-refractivity contribution in [1.82, 2.24) is 13.9 Å². The average Bonchev–Trinajstić information content (AvgIpc) is 3.42. The molecule has 2 aliphatic rings. The van der Waals surface area contributed by atoms with Crippen LogP contribution in [-0.4, -0.2) is 18.1 Å². The van der Waals surface area contributed by atoms with Gasteiger partial charge in [-0.2, -0.15) is 0 Å². The molecular formula is C22H18FN3OS2. The SMILES string of the molecule is O=S(C1=CC=CCC1)n1cc(-c2cncs2)c2cc(C3=C(F)CCC=C3)cnc21. The van der Waals surface area contributed by atoms with Crippen molar-refractivity contribution in [2.75, 3.05) is 0 Å². The average molecular weight is 424 g/mol. The molecule has 0 aliphatic heterocycles. The highest BCUT2D eigenvalue weighted by Gasteiger charge is 2.20. The van der Waals surface area contributed by atoms with Gasteiger partial charge in [-0.25, -0.2) is 17.6 Å². The minimum absolute atomic E-state index is 0.116. The van der Waals surface area contributed by atoms with Crippen LogP contribution in [0, 0.1) is 0 Å². The first-order valence-corrected chi connectivity index (χ1v) is 11.4. The van der Waals surface area contributed by atoms with E-state index in [-0.39, 0.29) is 5.83 Å². The fourth-order valence-electron chi connectivity index (χ4n) is 3.64. The number of thiazole rings is 1. The third kappa shape index (κ3) is 3.34. The van der Waals surface area contributed by atoms with E-state index in [1.807, 2.05) is 36.6 Å². The van der Waals surface area contributed by atoms with E-state index >= 15 is 0 Å². The van der Waals surface area contributed by atoms with Crippen molar-refractivity contribution < 1.29 is 8.60 Å². The summed E-state index contributed by atoms with van der Waals surface area (Å²) in [7, 11) is -1.36. The normalized spacial score (nSPS) is 17.8. The van der Waals surface area contributed by atoms with Gasteiger partial charge in [0, 0.05) is 52.0 Å². The molecule has 1 atom stereocenters. The van der Waals surface area contributed by atoms with Crippen molar-refractivity contribution in [2.24, 2.45) is 0 Å². The van der Waals surface area contributed by atoms with Crippen molar-refractivity contribution in [2.45, 2.75) is 25.7 Å². The number of pyridine rings is 1. The second-order valence-electron chi connectivity index (χ2n) is 6.94. The number of allylic oxidation sites excluding steroid dienone is 8. The predicted octanol–water partition coefficient (Wildman–Crippen LogP) is 5.94. The number of nitrogens with zero attached hydrogens (tertiary/aromatic N) is 3. The van der Waals surface area contributed by atoms with Crippen molar-refractivity contribution in [1.29, 1.82) is 0 Å². The van der Waals surface area contributed by atoms with Crippen molar-refractivity contribution in [3.8, 4) is 10.4 Å². The molecule has 0 spiro atoms. The van der Waals surface area contributed by atoms with Crippen LogP contribution in [0.4, 0.5) is 4.39 Å². The van der Waals surface area contributed by atoms with Crippen LogP contribution in [0.1, 0.15) is 31.2 Å². The van der Waals surface area contributed by atoms with Gasteiger partial charge in [-0.05, 0) is 31.4 Å². The lowest BCUT2D eigenvalue weighted by molar-refractivity contribution is 0.592. The summed E-state index contributed by atoms with van der Waals surface area (Å²) >= 11 is 1.52. The second-order valence-corrected chi connectivity index (χ2v) is 9.24. The summed E-state index contributed by atoms with van der Waals surface area (Å²) in [6.07, 6.45) is 17.9. The molecule has 0 radical (unpaired) electrons. The lowest BCUT2D eigenvalue weighted by atomic mass is 9.99. The number of rotatable bonds is 4. The van der Waals surface area contributed by atoms with Crippen molar-refractivity contribution >= 4 is 38.9 Å². The molecule has 0 saturated carbocycles. The molecule has 4 nitrogen and oxygen atoms in total. The summed E-state index contributed by atoms with van der Waals surface area (Å²) in [5, 5.41) is 0.853. The minimum atomic E-state index is -1.36. The molecule has 7 heteroatoms. The van der Waals surface area contributed by atoms with Gasteiger partial charge in [0.05, 0.1) is 10.4 Å². The fraction of sp³-hybridized carbons (Fsp3) is 0.182. The predicted molar refractivity (Wildman–Crippen MR) is 117 cm³/mol. The third-order valence-corrected chi connectivity index (χ3v) is 7.34. The van der Waals surface area contributed by atoms with E-state index in [1.165, 1.54) is 11.3 Å². The van der Waals surface area contributed by atoms with Crippen LogP contribution in [0.3, 0.4) is 0 Å². The quantitative estimate of drug-likeness (QED) is 0.522. The first-order chi connectivity index (χ1) is 14.2. The number of aromatic nitrogens is 3. The molecule has 0 N–H and O–H groups in total. The minimum Gasteiger partial charge on any atom is -0.252 e. The van der Waals surface area contributed by atoms with Crippen LogP contribution >= 0.6 is 11.3 Å². The van der Waals surface area contributed by atoms with Gasteiger partial charge in [0.1, 0.15) is 5.83 Å². The Labute approximate surface area is 174 Å². The second kappa shape index (κ2) is 7.65. The highest BCUT2D eigenvalue weighted by molar-refractivity contribution is 7.87. The highest BCUT2D eigenvalue weighted by atomic mass is 32.2. The summed E-state index contributed by atoms with van der Waals surface area (Å²) in [6, 6.07) is 1.95. The molecular weight excluding hydrogens is 405 g/mol. The summed E-state index contributed by atoms with van der Waals surface area (Å²) in [6.45, 7) is 0. The lowest BCUT2D eigenvalue weighted by Crippen LogP contribution is -2.07. The third-order valence-electron chi connectivity index (χ3n) is 5.11. The molecule has 0 saturated heterocycles. The standard InChI is InChI=1S/C22H18FN3OS2/c23-20-9-5-4-8-17(20)15-10-18-19(21-12-24-14-28-21)13-26(22(18)25-11-15)29(27)16-6-2-1-3-7-16/h1-2,4,6,8,10-14H,3,5,7,9H2. The Morgan fingerprint density at radius 3 is 2.83 bits per heavy atom. The Morgan fingerprint density at radius 2 is 2.07 bits per heavy atom. The Hall–Kier alpha value is -2.64. The molecule has 0 fully saturated rings. The van der Waals surface area contributed by atoms with Crippen molar-refractivity contribution in [3.05, 3.63) is 76.8 Å². The maximum atomic E-state index is 14.4. The molecule has 0 aromatic carbocycles. The summed E-state index contributed by atoms with van der Waals surface area (Å²) in [5.74, 6) is -0.116. The number of hydrogen-bond acceptors (Lipinski definition) is 4. The van der Waals surface area contributed by atoms with Gasteiger partial charge in [0.15, 0.2) is 16.6 Å². The van der Waals surface area contributed by atoms with Gasteiger partial charge >= 0.3 is 0 Å². The van der Waals surface area contributed by atoms with Gasteiger partial charge in [-0.3, -0.25) is 4.98 Å². The van der Waals surface area contributed by atoms with Crippen LogP contribution in [0.2, 0.25) is 0 Å². The zero-order valence-electron chi connectivity index (χ0n) is 15.5. The Kier molecular flexibility index (Phi) is 4.85. The summed E-state index contributed by atoms with van der Waals surface area (Å²) in [5.41, 5.74) is 4.63. The van der Waals surface area contributed by atoms with Gasteiger partial charge < -0.3 is 0 Å². The first-order valence-electron chi connectivity index (χ1n) is 9.46. The molecule has 1 unspecified atom stereocenters. The molecule has 29 heavy (non-hydrogen) atoms. The summed E-state index contributed by atoms with van der Waals surface area (Å²) in [4.78, 5) is 10.6. The van der Waals surface area contributed by atoms with E-state index in [4.69, 9.17) is 0 Å². The molecule has 3 aromatic heterocycles. The van der Waals surface area contributed by atoms with E-state index in [0.29, 0.717) is 17.6 Å². The Bertz CT molecular complexity index is 1230. The number of fused-ring (bicyclic) bond motifs is 1. The number of hydrogen-bond donors (Lipinski definition) is 0. The van der Waals surface area contributed by atoms with Crippen LogP contribution in [-0.2, 0) is 11.0 Å². The monoisotopic (exact) mass is 423 g/mol. The van der Waals surface area contributed by atoms with Crippen LogP contribution < -0.4 is 0 Å². The number of halogens is 1. The van der Waals surface area contributed by atoms with Crippen molar-refractivity contribution in [3.63, 3.8) is 0 Å². The van der Waals surface area contributed by atoms with E-state index in [9.17, 15) is 8.60 Å². The molecule has 2 aliphatic carbocycles. The fourth-order valence-corrected chi connectivity index (χ4v) is 5.53. The van der Waals surface area contributed by atoms with Crippen LogP contribution in [0.15, 0.2) is 71.3 Å². The van der Waals surface area contributed by atoms with E-state index in [1.54, 1.807) is 21.9 Å². The van der Waals surface area contributed by atoms with E-state index < -0.39 is 11.0 Å². The topological polar surface area (TPSA) is 47.8 Å². The Morgan fingerprint density at radius 1 is 1.17 bits per heavy atom. The lowest BCUT2D eigenvalue weighted by Gasteiger charge is -2.11. The van der Waals surface area contributed by atoms with Crippen LogP contribution in [0.25, 0.3) is 27.0 Å². The highest BCUT2D eigenvalue weighted by Crippen LogP contribution is 2.36. The zero-order valence-corrected chi connectivity index (χ0v) is 17.2. The van der Waals surface area contributed by atoms with Gasteiger partial charge in [0.25, 0.3) is 0 Å². The smallest absolute Gasteiger partial charge is 0.154 e. The summed E-state index contributed by atoms with van der Waals surface area (Å²) < 4.78 is 29.4. The van der Waals surface area contributed by atoms with Gasteiger partial charge in [-0.1, -0.05) is 24.3 Å². The largest absolute Gasteiger partial charge is 0.252 e. The molecule has 0 amide bonds. The van der Waals surface area contributed by atoms with Gasteiger partial charge in [0.2, 0.25) is 0 Å². The maximum Gasteiger partial charge on any atom is 0.154 e. The van der Waals surface area contributed by atoms with E-state index in [2.05, 4.69) is 16.0 Å². The van der Waals surface area contributed by atoms with Crippen LogP contribution in [0.5, 0.6) is 0 Å².